The SMILES string of the molecule is O=C(Cn1cnc2ccccc21)Nc1ccc(Cl)c(C(F)(F)F)c1. The van der Waals surface area contributed by atoms with Crippen molar-refractivity contribution in [1.29, 1.82) is 0 Å². The second-order valence-electron chi connectivity index (χ2n) is 5.10. The maximum atomic E-state index is 12.8. The number of para-hydroxylation sites is 2. The summed E-state index contributed by atoms with van der Waals surface area (Å²) in [6.07, 6.45) is -3.08. The molecule has 4 nitrogen and oxygen atoms in total. The molecule has 0 aliphatic heterocycles. The third-order valence-corrected chi connectivity index (χ3v) is 3.73. The fourth-order valence-corrected chi connectivity index (χ4v) is 2.54. The number of nitrogens with one attached hydrogen (secondary N) is 1. The molecule has 0 unspecified atom stereocenters. The molecule has 2 aromatic carbocycles. The summed E-state index contributed by atoms with van der Waals surface area (Å²) in [6, 6.07) is 10.5. The molecule has 3 aromatic rings. The minimum atomic E-state index is -4.58. The second-order valence-corrected chi connectivity index (χ2v) is 5.51. The van der Waals surface area contributed by atoms with Crippen LogP contribution in [-0.2, 0) is 17.5 Å². The van der Waals surface area contributed by atoms with Crippen LogP contribution in [-0.4, -0.2) is 15.5 Å². The molecule has 0 bridgehead atoms. The number of alkyl halides is 3. The lowest BCUT2D eigenvalue weighted by Crippen LogP contribution is -2.18. The van der Waals surface area contributed by atoms with Crippen LogP contribution in [0, 0.1) is 0 Å². The van der Waals surface area contributed by atoms with E-state index in [1.165, 1.54) is 12.4 Å². The first-order valence-electron chi connectivity index (χ1n) is 6.91. The number of hydrogen-bond donors (Lipinski definition) is 1. The van der Waals surface area contributed by atoms with Gasteiger partial charge in [0.15, 0.2) is 0 Å². The lowest BCUT2D eigenvalue weighted by molar-refractivity contribution is -0.137. The molecule has 0 spiro atoms. The van der Waals surface area contributed by atoms with Gasteiger partial charge in [0.05, 0.1) is 27.9 Å². The Kier molecular flexibility index (Phi) is 4.19. The van der Waals surface area contributed by atoms with E-state index in [4.69, 9.17) is 11.6 Å². The summed E-state index contributed by atoms with van der Waals surface area (Å²) in [7, 11) is 0. The Morgan fingerprint density at radius 1 is 1.21 bits per heavy atom. The maximum absolute atomic E-state index is 12.8. The number of carbonyl (C=O) groups is 1. The molecule has 24 heavy (non-hydrogen) atoms. The summed E-state index contributed by atoms with van der Waals surface area (Å²) in [6.45, 7) is -0.0650. The normalized spacial score (nSPS) is 11.7. The summed E-state index contributed by atoms with van der Waals surface area (Å²) in [5.74, 6) is -0.464. The number of fused-ring (bicyclic) bond motifs is 1. The lowest BCUT2D eigenvalue weighted by Gasteiger charge is -2.12. The fourth-order valence-electron chi connectivity index (χ4n) is 2.31. The molecule has 0 radical (unpaired) electrons. The van der Waals surface area contributed by atoms with Gasteiger partial charge in [0.2, 0.25) is 5.91 Å². The topological polar surface area (TPSA) is 46.9 Å². The average molecular weight is 354 g/mol. The van der Waals surface area contributed by atoms with E-state index in [1.807, 2.05) is 12.1 Å². The number of imidazole rings is 1. The molecular weight excluding hydrogens is 343 g/mol. The van der Waals surface area contributed by atoms with Crippen LogP contribution in [0.3, 0.4) is 0 Å². The van der Waals surface area contributed by atoms with Crippen molar-refractivity contribution in [3.8, 4) is 0 Å². The van der Waals surface area contributed by atoms with Crippen molar-refractivity contribution in [2.45, 2.75) is 12.7 Å². The highest BCUT2D eigenvalue weighted by molar-refractivity contribution is 6.31. The van der Waals surface area contributed by atoms with E-state index in [9.17, 15) is 18.0 Å². The van der Waals surface area contributed by atoms with Crippen LogP contribution in [0.5, 0.6) is 0 Å². The first-order chi connectivity index (χ1) is 11.3. The van der Waals surface area contributed by atoms with Gasteiger partial charge in [-0.15, -0.1) is 0 Å². The third kappa shape index (κ3) is 3.35. The smallest absolute Gasteiger partial charge is 0.325 e. The summed E-state index contributed by atoms with van der Waals surface area (Å²) >= 11 is 5.55. The number of rotatable bonds is 3. The van der Waals surface area contributed by atoms with E-state index in [2.05, 4.69) is 10.3 Å². The van der Waals surface area contributed by atoms with Gasteiger partial charge in [0.1, 0.15) is 6.54 Å². The van der Waals surface area contributed by atoms with E-state index in [-0.39, 0.29) is 12.2 Å². The zero-order valence-corrected chi connectivity index (χ0v) is 12.9. The Morgan fingerprint density at radius 3 is 2.71 bits per heavy atom. The molecule has 1 amide bonds. The van der Waals surface area contributed by atoms with Gasteiger partial charge in [0, 0.05) is 5.69 Å². The van der Waals surface area contributed by atoms with Gasteiger partial charge in [-0.2, -0.15) is 13.2 Å². The minimum Gasteiger partial charge on any atom is -0.325 e. The molecule has 0 saturated carbocycles. The van der Waals surface area contributed by atoms with Crippen LogP contribution in [0.1, 0.15) is 5.56 Å². The number of nitrogens with zero attached hydrogens (tertiary/aromatic N) is 2. The van der Waals surface area contributed by atoms with Crippen LogP contribution in [0.15, 0.2) is 48.8 Å². The molecule has 0 atom stereocenters. The Bertz CT molecular complexity index is 905. The predicted molar refractivity (Wildman–Crippen MR) is 84.8 cm³/mol. The van der Waals surface area contributed by atoms with E-state index >= 15 is 0 Å². The molecule has 3 rings (SSSR count). The average Bonchev–Trinajstić information content (AvgIpc) is 2.91. The van der Waals surface area contributed by atoms with Crippen LogP contribution in [0.4, 0.5) is 18.9 Å². The Balaban J connectivity index is 1.78. The van der Waals surface area contributed by atoms with Crippen LogP contribution >= 0.6 is 11.6 Å². The van der Waals surface area contributed by atoms with Crippen molar-refractivity contribution in [2.75, 3.05) is 5.32 Å². The van der Waals surface area contributed by atoms with E-state index < -0.39 is 22.7 Å². The summed E-state index contributed by atoms with van der Waals surface area (Å²) in [5, 5.41) is 2.02. The molecule has 124 valence electrons. The summed E-state index contributed by atoms with van der Waals surface area (Å²) in [5.41, 5.74) is 0.534. The van der Waals surface area contributed by atoms with Crippen LogP contribution in [0.2, 0.25) is 5.02 Å². The molecule has 1 heterocycles. The Morgan fingerprint density at radius 2 is 1.96 bits per heavy atom. The number of amides is 1. The third-order valence-electron chi connectivity index (χ3n) is 3.40. The molecule has 8 heteroatoms. The zero-order chi connectivity index (χ0) is 17.3. The van der Waals surface area contributed by atoms with Gasteiger partial charge in [-0.3, -0.25) is 4.79 Å². The monoisotopic (exact) mass is 353 g/mol. The molecule has 0 aliphatic rings. The predicted octanol–water partition coefficient (Wildman–Crippen LogP) is 4.35. The standard InChI is InChI=1S/C16H11ClF3N3O/c17-12-6-5-10(7-11(12)16(18,19)20)22-15(24)8-23-9-21-13-3-1-2-4-14(13)23/h1-7,9H,8H2,(H,22,24). The van der Waals surface area contributed by atoms with Crippen molar-refractivity contribution in [2.24, 2.45) is 0 Å². The largest absolute Gasteiger partial charge is 0.417 e. The lowest BCUT2D eigenvalue weighted by atomic mass is 10.2. The van der Waals surface area contributed by atoms with Crippen LogP contribution in [0.25, 0.3) is 11.0 Å². The van der Waals surface area contributed by atoms with Crippen molar-refractivity contribution in [3.63, 3.8) is 0 Å². The first kappa shape index (κ1) is 16.3. The van der Waals surface area contributed by atoms with Gasteiger partial charge in [-0.25, -0.2) is 4.98 Å². The van der Waals surface area contributed by atoms with Crippen molar-refractivity contribution in [1.82, 2.24) is 9.55 Å². The van der Waals surface area contributed by atoms with Gasteiger partial charge in [-0.1, -0.05) is 23.7 Å². The van der Waals surface area contributed by atoms with E-state index in [0.29, 0.717) is 0 Å². The van der Waals surface area contributed by atoms with Crippen molar-refractivity contribution < 1.29 is 18.0 Å². The van der Waals surface area contributed by atoms with Gasteiger partial charge < -0.3 is 9.88 Å². The molecule has 1 aromatic heterocycles. The molecule has 0 saturated heterocycles. The van der Waals surface area contributed by atoms with Gasteiger partial charge in [-0.05, 0) is 30.3 Å². The first-order valence-corrected chi connectivity index (χ1v) is 7.29. The highest BCUT2D eigenvalue weighted by Gasteiger charge is 2.33. The number of halogens is 4. The Labute approximate surface area is 139 Å². The highest BCUT2D eigenvalue weighted by Crippen LogP contribution is 2.36. The Hall–Kier alpha value is -2.54. The molecule has 0 aliphatic carbocycles. The number of anilines is 1. The number of aromatic nitrogens is 2. The maximum Gasteiger partial charge on any atom is 0.417 e. The van der Waals surface area contributed by atoms with Gasteiger partial charge in [0.25, 0.3) is 0 Å². The minimum absolute atomic E-state index is 0.0288. The highest BCUT2D eigenvalue weighted by atomic mass is 35.5. The van der Waals surface area contributed by atoms with E-state index in [1.54, 1.807) is 16.7 Å². The van der Waals surface area contributed by atoms with Crippen molar-refractivity contribution >= 4 is 34.2 Å². The molecule has 0 fully saturated rings. The number of carbonyl (C=O) groups excluding carboxylic acids is 1. The van der Waals surface area contributed by atoms with Gasteiger partial charge >= 0.3 is 6.18 Å². The number of hydrogen-bond acceptors (Lipinski definition) is 2. The quantitative estimate of drug-likeness (QED) is 0.761. The van der Waals surface area contributed by atoms with Crippen molar-refractivity contribution in [3.05, 3.63) is 59.4 Å². The summed E-state index contributed by atoms with van der Waals surface area (Å²) < 4.78 is 40.1. The summed E-state index contributed by atoms with van der Waals surface area (Å²) in [4.78, 5) is 16.2. The van der Waals surface area contributed by atoms with Crippen LogP contribution < -0.4 is 5.32 Å². The molecular formula is C16H11ClF3N3O. The number of benzene rings is 2. The molecule has 1 N–H and O–H groups in total. The zero-order valence-electron chi connectivity index (χ0n) is 12.1. The van der Waals surface area contributed by atoms with E-state index in [0.717, 1.165) is 23.2 Å². The second kappa shape index (κ2) is 6.16. The fraction of sp³-hybridized carbons (Fsp3) is 0.125.